The van der Waals surface area contributed by atoms with Gasteiger partial charge in [0.25, 0.3) is 0 Å². The summed E-state index contributed by atoms with van der Waals surface area (Å²) in [6, 6.07) is 13.2. The summed E-state index contributed by atoms with van der Waals surface area (Å²) in [7, 11) is -1.23. The van der Waals surface area contributed by atoms with E-state index in [0.717, 1.165) is 0 Å². The number of rotatable bonds is 2. The van der Waals surface area contributed by atoms with Crippen molar-refractivity contribution in [3.05, 3.63) is 53.6 Å². The van der Waals surface area contributed by atoms with Gasteiger partial charge in [-0.1, -0.05) is 11.6 Å². The molecule has 2 nitrogen and oxygen atoms in total. The maximum absolute atomic E-state index is 12.1. The Morgan fingerprint density at radius 1 is 0.875 bits per heavy atom. The third-order valence-corrected chi connectivity index (χ3v) is 3.73. The Bertz CT molecular complexity index is 458. The number of hydrogen-bond donors (Lipinski definition) is 1. The second-order valence-electron chi connectivity index (χ2n) is 3.22. The van der Waals surface area contributed by atoms with E-state index in [2.05, 4.69) is 0 Å². The van der Waals surface area contributed by atoms with Gasteiger partial charge in [0.2, 0.25) is 0 Å². The van der Waals surface area contributed by atoms with Gasteiger partial charge in [0.15, 0.2) is 0 Å². The highest BCUT2D eigenvalue weighted by molar-refractivity contribution is 7.85. The molecule has 4 heteroatoms. The summed E-state index contributed by atoms with van der Waals surface area (Å²) in [5, 5.41) is 9.75. The summed E-state index contributed by atoms with van der Waals surface area (Å²) in [5.41, 5.74) is 0. The molecule has 0 saturated carbocycles. The molecule has 0 aliphatic rings. The minimum absolute atomic E-state index is 0.164. The van der Waals surface area contributed by atoms with Crippen LogP contribution in [-0.2, 0) is 10.8 Å². The zero-order valence-corrected chi connectivity index (χ0v) is 9.83. The lowest BCUT2D eigenvalue weighted by Crippen LogP contribution is -1.91. The molecule has 1 unspecified atom stereocenters. The van der Waals surface area contributed by atoms with Gasteiger partial charge in [-0.05, 0) is 48.5 Å². The minimum atomic E-state index is -1.23. The molecular formula is C12H9ClO2S. The third kappa shape index (κ3) is 2.43. The fourth-order valence-electron chi connectivity index (χ4n) is 1.26. The number of halogens is 1. The number of phenolic OH excluding ortho intramolecular Hbond substituents is 1. The number of aromatic hydroxyl groups is 1. The van der Waals surface area contributed by atoms with Crippen molar-refractivity contribution in [1.82, 2.24) is 0 Å². The highest BCUT2D eigenvalue weighted by Crippen LogP contribution is 2.20. The van der Waals surface area contributed by atoms with Gasteiger partial charge >= 0.3 is 0 Å². The zero-order chi connectivity index (χ0) is 11.5. The van der Waals surface area contributed by atoms with E-state index in [9.17, 15) is 4.21 Å². The SMILES string of the molecule is O=S(c1ccc(O)cc1)c1ccc(Cl)cc1. The fourth-order valence-corrected chi connectivity index (χ4v) is 2.43. The molecule has 0 heterocycles. The number of hydrogen-bond acceptors (Lipinski definition) is 2. The Hall–Kier alpha value is -1.32. The van der Waals surface area contributed by atoms with Crippen LogP contribution in [0.2, 0.25) is 5.02 Å². The lowest BCUT2D eigenvalue weighted by Gasteiger charge is -2.02. The summed E-state index contributed by atoms with van der Waals surface area (Å²) >= 11 is 5.75. The molecule has 2 rings (SSSR count). The van der Waals surface area contributed by atoms with Crippen LogP contribution >= 0.6 is 11.6 Å². The first-order chi connectivity index (χ1) is 7.66. The molecule has 0 aliphatic heterocycles. The molecule has 0 bridgehead atoms. The Labute approximate surface area is 101 Å². The second kappa shape index (κ2) is 4.68. The monoisotopic (exact) mass is 252 g/mol. The maximum Gasteiger partial charge on any atom is 0.115 e. The Morgan fingerprint density at radius 3 is 1.81 bits per heavy atom. The first kappa shape index (κ1) is 11.2. The van der Waals surface area contributed by atoms with E-state index in [1.54, 1.807) is 36.4 Å². The minimum Gasteiger partial charge on any atom is -0.508 e. The van der Waals surface area contributed by atoms with Crippen molar-refractivity contribution in [2.75, 3.05) is 0 Å². The van der Waals surface area contributed by atoms with Crippen LogP contribution < -0.4 is 0 Å². The average molecular weight is 253 g/mol. The van der Waals surface area contributed by atoms with Gasteiger partial charge in [-0.25, -0.2) is 4.21 Å². The molecule has 0 aliphatic carbocycles. The predicted molar refractivity (Wildman–Crippen MR) is 64.2 cm³/mol. The van der Waals surface area contributed by atoms with Crippen LogP contribution in [0.4, 0.5) is 0 Å². The van der Waals surface area contributed by atoms with E-state index in [4.69, 9.17) is 16.7 Å². The van der Waals surface area contributed by atoms with Crippen LogP contribution in [0.25, 0.3) is 0 Å². The molecule has 0 radical (unpaired) electrons. The summed E-state index contributed by atoms with van der Waals surface area (Å²) in [6.07, 6.45) is 0. The lowest BCUT2D eigenvalue weighted by atomic mass is 10.3. The van der Waals surface area contributed by atoms with Crippen LogP contribution in [0.3, 0.4) is 0 Å². The molecular weight excluding hydrogens is 244 g/mol. The third-order valence-electron chi connectivity index (χ3n) is 2.08. The molecule has 0 spiro atoms. The summed E-state index contributed by atoms with van der Waals surface area (Å²) in [6.45, 7) is 0. The molecule has 0 aromatic heterocycles. The topological polar surface area (TPSA) is 37.3 Å². The van der Waals surface area contributed by atoms with Crippen LogP contribution in [0, 0.1) is 0 Å². The standard InChI is InChI=1S/C12H9ClO2S/c13-9-1-5-11(6-2-9)16(15)12-7-3-10(14)4-8-12/h1-8,14H. The summed E-state index contributed by atoms with van der Waals surface area (Å²) in [4.78, 5) is 1.34. The summed E-state index contributed by atoms with van der Waals surface area (Å²) < 4.78 is 12.1. The first-order valence-corrected chi connectivity index (χ1v) is 6.16. The van der Waals surface area contributed by atoms with Crippen LogP contribution in [0.15, 0.2) is 58.3 Å². The maximum atomic E-state index is 12.1. The second-order valence-corrected chi connectivity index (χ2v) is 5.13. The molecule has 1 atom stereocenters. The highest BCUT2D eigenvalue weighted by atomic mass is 35.5. The zero-order valence-electron chi connectivity index (χ0n) is 8.26. The molecule has 0 amide bonds. The van der Waals surface area contributed by atoms with Crippen LogP contribution in [0.5, 0.6) is 5.75 Å². The predicted octanol–water partition coefficient (Wildman–Crippen LogP) is 3.21. The Morgan fingerprint density at radius 2 is 1.31 bits per heavy atom. The van der Waals surface area contributed by atoms with Gasteiger partial charge in [-0.2, -0.15) is 0 Å². The van der Waals surface area contributed by atoms with Gasteiger partial charge in [-0.3, -0.25) is 0 Å². The van der Waals surface area contributed by atoms with E-state index in [-0.39, 0.29) is 5.75 Å². The van der Waals surface area contributed by atoms with Crippen molar-refractivity contribution < 1.29 is 9.32 Å². The summed E-state index contributed by atoms with van der Waals surface area (Å²) in [5.74, 6) is 0.164. The van der Waals surface area contributed by atoms with Crippen molar-refractivity contribution in [1.29, 1.82) is 0 Å². The van der Waals surface area contributed by atoms with Gasteiger partial charge in [0.05, 0.1) is 10.8 Å². The van der Waals surface area contributed by atoms with Crippen LogP contribution in [0.1, 0.15) is 0 Å². The Kier molecular flexibility index (Phi) is 3.27. The molecule has 16 heavy (non-hydrogen) atoms. The largest absolute Gasteiger partial charge is 0.508 e. The van der Waals surface area contributed by atoms with E-state index in [0.29, 0.717) is 14.8 Å². The molecule has 1 N–H and O–H groups in total. The molecule has 0 fully saturated rings. The van der Waals surface area contributed by atoms with Gasteiger partial charge in [-0.15, -0.1) is 0 Å². The normalized spacial score (nSPS) is 12.3. The van der Waals surface area contributed by atoms with Crippen molar-refractivity contribution in [3.63, 3.8) is 0 Å². The number of phenols is 1. The highest BCUT2D eigenvalue weighted by Gasteiger charge is 2.06. The first-order valence-electron chi connectivity index (χ1n) is 4.63. The Balaban J connectivity index is 2.32. The molecule has 0 saturated heterocycles. The van der Waals surface area contributed by atoms with Gasteiger partial charge in [0, 0.05) is 14.8 Å². The average Bonchev–Trinajstić information content (AvgIpc) is 2.30. The van der Waals surface area contributed by atoms with Crippen molar-refractivity contribution in [2.24, 2.45) is 0 Å². The number of benzene rings is 2. The lowest BCUT2D eigenvalue weighted by molar-refractivity contribution is 0.475. The van der Waals surface area contributed by atoms with Crippen molar-refractivity contribution in [3.8, 4) is 5.75 Å². The van der Waals surface area contributed by atoms with Gasteiger partial charge < -0.3 is 5.11 Å². The van der Waals surface area contributed by atoms with E-state index >= 15 is 0 Å². The molecule has 2 aromatic rings. The molecule has 82 valence electrons. The van der Waals surface area contributed by atoms with Crippen molar-refractivity contribution >= 4 is 22.4 Å². The molecule has 2 aromatic carbocycles. The van der Waals surface area contributed by atoms with E-state index in [1.165, 1.54) is 12.1 Å². The smallest absolute Gasteiger partial charge is 0.115 e. The van der Waals surface area contributed by atoms with Gasteiger partial charge in [0.1, 0.15) is 5.75 Å². The van der Waals surface area contributed by atoms with E-state index in [1.807, 2.05) is 0 Å². The fraction of sp³-hybridized carbons (Fsp3) is 0. The quantitative estimate of drug-likeness (QED) is 0.891. The van der Waals surface area contributed by atoms with E-state index < -0.39 is 10.8 Å². The van der Waals surface area contributed by atoms with Crippen LogP contribution in [-0.4, -0.2) is 9.32 Å². The van der Waals surface area contributed by atoms with Crippen molar-refractivity contribution in [2.45, 2.75) is 9.79 Å².